The topological polar surface area (TPSA) is 102 Å². The number of esters is 3. The van der Waals surface area contributed by atoms with Gasteiger partial charge in [-0.25, -0.2) is 0 Å². The largest absolute Gasteiger partial charge is 0.465 e. The highest BCUT2D eigenvalue weighted by Gasteiger charge is 2.27. The maximum absolute atomic E-state index is 12.9. The molecule has 0 radical (unpaired) electrons. The number of likely N-dealkylation sites (tertiary alicyclic amines) is 1. The summed E-state index contributed by atoms with van der Waals surface area (Å²) in [7, 11) is 2.10. The summed E-state index contributed by atoms with van der Waals surface area (Å²) in [5.41, 5.74) is -0.731. The van der Waals surface area contributed by atoms with E-state index in [1.807, 2.05) is 0 Å². The van der Waals surface area contributed by atoms with Crippen molar-refractivity contribution in [3.8, 4) is 0 Å². The first kappa shape index (κ1) is 52.3. The lowest BCUT2D eigenvalue weighted by atomic mass is 9.85. The van der Waals surface area contributed by atoms with Gasteiger partial charge >= 0.3 is 17.9 Å². The normalized spacial score (nSPS) is 14.1. The average Bonchev–Trinajstić information content (AvgIpc) is 3.19. The molecule has 1 rings (SSSR count). The van der Waals surface area contributed by atoms with Gasteiger partial charge in [0.15, 0.2) is 0 Å². The van der Waals surface area contributed by atoms with E-state index < -0.39 is 5.60 Å². The molecule has 1 fully saturated rings. The predicted octanol–water partition coefficient (Wildman–Crippen LogP) is 12.3. The number of rotatable bonds is 38. The molecule has 1 aliphatic heterocycles. The summed E-state index contributed by atoms with van der Waals surface area (Å²) in [5, 5.41) is 11.8. The SMILES string of the molecule is CCCCCC(CCCCC)C(=O)OCCCCCCC(O)(CCCCCCOC(=O)C(CCCCC)CCCCC)CCCCOC(=O)C1CCN(C)CC1. The third-order valence-electron chi connectivity index (χ3n) is 12.2. The lowest BCUT2D eigenvalue weighted by Crippen LogP contribution is -2.34. The second-order valence-electron chi connectivity index (χ2n) is 17.5. The lowest BCUT2D eigenvalue weighted by molar-refractivity contribution is -0.150. The van der Waals surface area contributed by atoms with Gasteiger partial charge in [0, 0.05) is 0 Å². The Labute approximate surface area is 345 Å². The van der Waals surface area contributed by atoms with Gasteiger partial charge in [-0.3, -0.25) is 14.4 Å². The molecule has 0 atom stereocenters. The minimum absolute atomic E-state index is 0.00391. The number of hydrogen-bond donors (Lipinski definition) is 1. The fourth-order valence-corrected chi connectivity index (χ4v) is 8.19. The summed E-state index contributed by atoms with van der Waals surface area (Å²) in [6, 6.07) is 0. The van der Waals surface area contributed by atoms with E-state index >= 15 is 0 Å². The van der Waals surface area contributed by atoms with Crippen molar-refractivity contribution in [2.24, 2.45) is 17.8 Å². The van der Waals surface area contributed by atoms with Crippen molar-refractivity contribution in [1.82, 2.24) is 4.90 Å². The second kappa shape index (κ2) is 35.3. The van der Waals surface area contributed by atoms with Crippen LogP contribution in [0.25, 0.3) is 0 Å². The van der Waals surface area contributed by atoms with Crippen LogP contribution in [0.5, 0.6) is 0 Å². The molecule has 0 aromatic heterocycles. The number of ether oxygens (including phenoxy) is 3. The Morgan fingerprint density at radius 3 is 1.25 bits per heavy atom. The Kier molecular flexibility index (Phi) is 33.0. The van der Waals surface area contributed by atoms with Crippen molar-refractivity contribution in [2.45, 2.75) is 232 Å². The minimum Gasteiger partial charge on any atom is -0.465 e. The summed E-state index contributed by atoms with van der Waals surface area (Å²) >= 11 is 0. The maximum atomic E-state index is 12.9. The second-order valence-corrected chi connectivity index (χ2v) is 17.5. The first-order chi connectivity index (χ1) is 27.2. The van der Waals surface area contributed by atoms with Gasteiger partial charge in [-0.1, -0.05) is 143 Å². The quantitative estimate of drug-likeness (QED) is 0.0374. The van der Waals surface area contributed by atoms with Gasteiger partial charge in [-0.2, -0.15) is 0 Å². The zero-order chi connectivity index (χ0) is 41.1. The zero-order valence-corrected chi connectivity index (χ0v) is 37.5. The smallest absolute Gasteiger partial charge is 0.309 e. The highest BCUT2D eigenvalue weighted by atomic mass is 16.5. The minimum atomic E-state index is -0.731. The van der Waals surface area contributed by atoms with Crippen LogP contribution in [-0.2, 0) is 28.6 Å². The van der Waals surface area contributed by atoms with E-state index in [-0.39, 0.29) is 35.7 Å². The summed E-state index contributed by atoms with van der Waals surface area (Å²) in [6.45, 7) is 12.1. The van der Waals surface area contributed by atoms with Gasteiger partial charge in [-0.05, 0) is 104 Å². The number of aliphatic hydroxyl groups is 1. The average molecular weight is 794 g/mol. The summed E-state index contributed by atoms with van der Waals surface area (Å²) in [6.07, 6.45) is 30.7. The molecule has 0 aromatic carbocycles. The van der Waals surface area contributed by atoms with Crippen LogP contribution in [-0.4, -0.2) is 73.5 Å². The summed E-state index contributed by atoms with van der Waals surface area (Å²) in [5.74, 6) is 0.0438. The van der Waals surface area contributed by atoms with Crippen LogP contribution in [0, 0.1) is 17.8 Å². The highest BCUT2D eigenvalue weighted by Crippen LogP contribution is 2.29. The van der Waals surface area contributed by atoms with Crippen LogP contribution in [0.15, 0.2) is 0 Å². The number of unbranched alkanes of at least 4 members (excludes halogenated alkanes) is 15. The molecule has 8 nitrogen and oxygen atoms in total. The van der Waals surface area contributed by atoms with Crippen molar-refractivity contribution in [3.05, 3.63) is 0 Å². The van der Waals surface area contributed by atoms with Crippen LogP contribution in [0.4, 0.5) is 0 Å². The fraction of sp³-hybridized carbons (Fsp3) is 0.938. The first-order valence-corrected chi connectivity index (χ1v) is 24.1. The number of hydrogen-bond acceptors (Lipinski definition) is 8. The van der Waals surface area contributed by atoms with E-state index in [1.165, 1.54) is 25.7 Å². The number of nitrogens with zero attached hydrogens (tertiary/aromatic N) is 1. The monoisotopic (exact) mass is 794 g/mol. The molecule has 0 spiro atoms. The Hall–Kier alpha value is -1.67. The van der Waals surface area contributed by atoms with Crippen molar-refractivity contribution < 1.29 is 33.7 Å². The van der Waals surface area contributed by atoms with Crippen molar-refractivity contribution >= 4 is 17.9 Å². The van der Waals surface area contributed by atoms with Crippen LogP contribution >= 0.6 is 0 Å². The van der Waals surface area contributed by atoms with E-state index in [9.17, 15) is 19.5 Å². The van der Waals surface area contributed by atoms with E-state index in [1.54, 1.807) is 0 Å². The zero-order valence-electron chi connectivity index (χ0n) is 37.5. The molecule has 8 heteroatoms. The molecule has 0 unspecified atom stereocenters. The molecule has 1 saturated heterocycles. The number of carbonyl (C=O) groups excluding carboxylic acids is 3. The Morgan fingerprint density at radius 2 is 0.857 bits per heavy atom. The molecule has 0 aliphatic carbocycles. The molecule has 0 bridgehead atoms. The molecule has 0 amide bonds. The third-order valence-corrected chi connectivity index (χ3v) is 12.2. The van der Waals surface area contributed by atoms with Crippen LogP contribution in [0.1, 0.15) is 227 Å². The molecular formula is C48H91NO7. The van der Waals surface area contributed by atoms with E-state index in [0.717, 1.165) is 180 Å². The number of piperidine rings is 1. The van der Waals surface area contributed by atoms with Crippen LogP contribution in [0.2, 0.25) is 0 Å². The van der Waals surface area contributed by atoms with Gasteiger partial charge in [0.2, 0.25) is 0 Å². The lowest BCUT2D eigenvalue weighted by Gasteiger charge is -2.29. The number of carbonyl (C=O) groups is 3. The molecule has 1 N–H and O–H groups in total. The van der Waals surface area contributed by atoms with E-state index in [2.05, 4.69) is 39.6 Å². The van der Waals surface area contributed by atoms with Crippen LogP contribution in [0.3, 0.4) is 0 Å². The molecule has 0 saturated carbocycles. The standard InChI is InChI=1S/C48H91NO7/c1-6-10-18-28-42(29-19-11-7-2)45(50)54-39-25-16-14-22-34-48(53,36-24-27-41-56-47(52)44-32-37-49(5)38-33-44)35-23-15-17-26-40-55-46(51)43(30-20-12-8-3)31-21-13-9-4/h42-44,53H,6-41H2,1-5H3. The Bertz CT molecular complexity index is 880. The Balaban J connectivity index is 2.50. The fourth-order valence-electron chi connectivity index (χ4n) is 8.19. The molecule has 0 aromatic rings. The molecular weight excluding hydrogens is 703 g/mol. The van der Waals surface area contributed by atoms with Crippen molar-refractivity contribution in [1.29, 1.82) is 0 Å². The molecule has 56 heavy (non-hydrogen) atoms. The van der Waals surface area contributed by atoms with Gasteiger partial charge in [0.25, 0.3) is 0 Å². The van der Waals surface area contributed by atoms with Crippen molar-refractivity contribution in [3.63, 3.8) is 0 Å². The van der Waals surface area contributed by atoms with E-state index in [0.29, 0.717) is 26.2 Å². The summed E-state index contributed by atoms with van der Waals surface area (Å²) in [4.78, 5) is 40.5. The van der Waals surface area contributed by atoms with Crippen LogP contribution < -0.4 is 0 Å². The van der Waals surface area contributed by atoms with Gasteiger partial charge in [-0.15, -0.1) is 0 Å². The third kappa shape index (κ3) is 27.1. The predicted molar refractivity (Wildman–Crippen MR) is 232 cm³/mol. The first-order valence-electron chi connectivity index (χ1n) is 24.1. The summed E-state index contributed by atoms with van der Waals surface area (Å²) < 4.78 is 17.2. The van der Waals surface area contributed by atoms with E-state index in [4.69, 9.17) is 14.2 Å². The maximum Gasteiger partial charge on any atom is 0.309 e. The highest BCUT2D eigenvalue weighted by molar-refractivity contribution is 5.73. The molecule has 1 aliphatic rings. The van der Waals surface area contributed by atoms with Gasteiger partial charge < -0.3 is 24.2 Å². The van der Waals surface area contributed by atoms with Gasteiger partial charge in [0.05, 0.1) is 43.2 Å². The Morgan fingerprint density at radius 1 is 0.518 bits per heavy atom. The molecule has 1 heterocycles. The van der Waals surface area contributed by atoms with Gasteiger partial charge in [0.1, 0.15) is 0 Å². The van der Waals surface area contributed by atoms with Crippen molar-refractivity contribution in [2.75, 3.05) is 40.0 Å². The molecule has 330 valence electrons.